The zero-order valence-electron chi connectivity index (χ0n) is 14.4. The van der Waals surface area contributed by atoms with Gasteiger partial charge in [0.15, 0.2) is 5.16 Å². The molecule has 1 aliphatic rings. The Bertz CT molecular complexity index is 677. The van der Waals surface area contributed by atoms with Crippen molar-refractivity contribution in [2.45, 2.75) is 56.5 Å². The normalized spacial score (nSPS) is 15.7. The minimum Gasteiger partial charge on any atom is -0.467 e. The maximum atomic E-state index is 12.2. The molecule has 0 aromatic carbocycles. The second-order valence-electron chi connectivity index (χ2n) is 6.68. The van der Waals surface area contributed by atoms with Crippen molar-refractivity contribution in [2.75, 3.05) is 6.54 Å². The van der Waals surface area contributed by atoms with Crippen molar-refractivity contribution in [2.24, 2.45) is 5.92 Å². The van der Waals surface area contributed by atoms with Crippen molar-refractivity contribution in [3.05, 3.63) is 30.0 Å². The molecule has 1 aliphatic carbocycles. The quantitative estimate of drug-likeness (QED) is 0.742. The molecule has 1 saturated carbocycles. The molecule has 24 heavy (non-hydrogen) atoms. The summed E-state index contributed by atoms with van der Waals surface area (Å²) < 4.78 is 7.56. The first kappa shape index (κ1) is 17.1. The van der Waals surface area contributed by atoms with E-state index < -0.39 is 0 Å². The summed E-state index contributed by atoms with van der Waals surface area (Å²) in [6, 6.07) is 3.83. The van der Waals surface area contributed by atoms with Crippen LogP contribution in [0.15, 0.2) is 28.0 Å². The number of nitrogens with zero attached hydrogens (tertiary/aromatic N) is 3. The van der Waals surface area contributed by atoms with Crippen molar-refractivity contribution in [3.63, 3.8) is 0 Å². The highest BCUT2D eigenvalue weighted by molar-refractivity contribution is 8.00. The molecule has 0 saturated heterocycles. The first-order valence-electron chi connectivity index (χ1n) is 8.44. The standard InChI is InChI=1S/C17H24N4O2S/c1-11(2)9-18-16(22)12(3)24-17-20-19-15(13-6-7-13)21(17)10-14-5-4-8-23-14/h4-5,8,11-13H,6-7,9-10H2,1-3H3,(H,18,22). The number of amides is 1. The Kier molecular flexibility index (Phi) is 5.28. The fraction of sp³-hybridized carbons (Fsp3) is 0.588. The molecule has 2 aromatic rings. The lowest BCUT2D eigenvalue weighted by Crippen LogP contribution is -2.33. The van der Waals surface area contributed by atoms with Gasteiger partial charge in [0.25, 0.3) is 0 Å². The number of hydrogen-bond donors (Lipinski definition) is 1. The van der Waals surface area contributed by atoms with Crippen LogP contribution in [0.3, 0.4) is 0 Å². The van der Waals surface area contributed by atoms with Gasteiger partial charge in [-0.05, 0) is 37.8 Å². The number of carbonyl (C=O) groups is 1. The van der Waals surface area contributed by atoms with Gasteiger partial charge in [-0.25, -0.2) is 0 Å². The van der Waals surface area contributed by atoms with Crippen LogP contribution in [-0.4, -0.2) is 32.5 Å². The number of aromatic nitrogens is 3. The molecular formula is C17H24N4O2S. The van der Waals surface area contributed by atoms with E-state index in [1.165, 1.54) is 11.8 Å². The average molecular weight is 348 g/mol. The van der Waals surface area contributed by atoms with E-state index in [1.54, 1.807) is 6.26 Å². The van der Waals surface area contributed by atoms with Gasteiger partial charge in [0, 0.05) is 12.5 Å². The molecule has 0 spiro atoms. The summed E-state index contributed by atoms with van der Waals surface area (Å²) in [5.41, 5.74) is 0. The van der Waals surface area contributed by atoms with Gasteiger partial charge in [0.05, 0.1) is 18.1 Å². The number of rotatable bonds is 8. The fourth-order valence-corrected chi connectivity index (χ4v) is 3.28. The van der Waals surface area contributed by atoms with Gasteiger partial charge in [-0.15, -0.1) is 10.2 Å². The minimum atomic E-state index is -0.213. The molecule has 130 valence electrons. The van der Waals surface area contributed by atoms with Gasteiger partial charge in [-0.3, -0.25) is 9.36 Å². The molecule has 1 unspecified atom stereocenters. The Morgan fingerprint density at radius 2 is 2.21 bits per heavy atom. The molecule has 3 rings (SSSR count). The van der Waals surface area contributed by atoms with E-state index in [2.05, 4.69) is 33.9 Å². The van der Waals surface area contributed by atoms with Crippen LogP contribution < -0.4 is 5.32 Å². The lowest BCUT2D eigenvalue weighted by atomic mass is 10.2. The number of thioether (sulfide) groups is 1. The van der Waals surface area contributed by atoms with Crippen LogP contribution in [0.5, 0.6) is 0 Å². The zero-order chi connectivity index (χ0) is 17.1. The second kappa shape index (κ2) is 7.42. The highest BCUT2D eigenvalue weighted by Gasteiger charge is 2.31. The molecule has 1 fully saturated rings. The van der Waals surface area contributed by atoms with E-state index in [1.807, 2.05) is 19.1 Å². The molecule has 0 bridgehead atoms. The van der Waals surface area contributed by atoms with Crippen LogP contribution in [0.2, 0.25) is 0 Å². The molecular weight excluding hydrogens is 324 g/mol. The van der Waals surface area contributed by atoms with Gasteiger partial charge < -0.3 is 9.73 Å². The van der Waals surface area contributed by atoms with Crippen LogP contribution >= 0.6 is 11.8 Å². The first-order valence-corrected chi connectivity index (χ1v) is 9.32. The Morgan fingerprint density at radius 1 is 1.42 bits per heavy atom. The lowest BCUT2D eigenvalue weighted by Gasteiger charge is -2.14. The highest BCUT2D eigenvalue weighted by atomic mass is 32.2. The predicted octanol–water partition coefficient (Wildman–Crippen LogP) is 3.05. The van der Waals surface area contributed by atoms with Gasteiger partial charge in [0.1, 0.15) is 11.6 Å². The molecule has 1 atom stereocenters. The summed E-state index contributed by atoms with van der Waals surface area (Å²) >= 11 is 1.45. The first-order chi connectivity index (χ1) is 11.5. The minimum absolute atomic E-state index is 0.0363. The van der Waals surface area contributed by atoms with E-state index in [9.17, 15) is 4.79 Å². The van der Waals surface area contributed by atoms with Gasteiger partial charge in [0.2, 0.25) is 5.91 Å². The third kappa shape index (κ3) is 4.20. The monoisotopic (exact) mass is 348 g/mol. The van der Waals surface area contributed by atoms with Gasteiger partial charge in [-0.2, -0.15) is 0 Å². The number of furan rings is 1. The Labute approximate surface area is 146 Å². The summed E-state index contributed by atoms with van der Waals surface area (Å²) in [7, 11) is 0. The summed E-state index contributed by atoms with van der Waals surface area (Å²) in [5, 5.41) is 12.2. The van der Waals surface area contributed by atoms with Crippen LogP contribution in [0.1, 0.15) is 51.1 Å². The Morgan fingerprint density at radius 3 is 2.83 bits per heavy atom. The van der Waals surface area contributed by atoms with E-state index in [0.717, 1.165) is 29.6 Å². The Balaban J connectivity index is 1.71. The van der Waals surface area contributed by atoms with E-state index in [0.29, 0.717) is 24.9 Å². The zero-order valence-corrected chi connectivity index (χ0v) is 15.2. The SMILES string of the molecule is CC(C)CNC(=O)C(C)Sc1nnc(C2CC2)n1Cc1ccco1. The van der Waals surface area contributed by atoms with Crippen LogP contribution in [-0.2, 0) is 11.3 Å². The molecule has 7 heteroatoms. The molecule has 1 N–H and O–H groups in total. The average Bonchev–Trinajstić information content (AvgIpc) is 3.12. The van der Waals surface area contributed by atoms with E-state index >= 15 is 0 Å². The summed E-state index contributed by atoms with van der Waals surface area (Å²) in [5.74, 6) is 2.84. The number of nitrogens with one attached hydrogen (secondary N) is 1. The molecule has 6 nitrogen and oxygen atoms in total. The van der Waals surface area contributed by atoms with Crippen LogP contribution in [0.4, 0.5) is 0 Å². The topological polar surface area (TPSA) is 73.0 Å². The van der Waals surface area contributed by atoms with Crippen molar-refractivity contribution in [3.8, 4) is 0 Å². The predicted molar refractivity (Wildman–Crippen MR) is 93.0 cm³/mol. The summed E-state index contributed by atoms with van der Waals surface area (Å²) in [4.78, 5) is 12.2. The molecule has 2 heterocycles. The Hall–Kier alpha value is -1.76. The largest absolute Gasteiger partial charge is 0.467 e. The highest BCUT2D eigenvalue weighted by Crippen LogP contribution is 2.40. The second-order valence-corrected chi connectivity index (χ2v) is 7.99. The van der Waals surface area contributed by atoms with Crippen molar-refractivity contribution in [1.82, 2.24) is 20.1 Å². The maximum Gasteiger partial charge on any atom is 0.233 e. The molecule has 0 aliphatic heterocycles. The maximum absolute atomic E-state index is 12.2. The molecule has 2 aromatic heterocycles. The third-order valence-electron chi connectivity index (χ3n) is 3.92. The van der Waals surface area contributed by atoms with Crippen molar-refractivity contribution < 1.29 is 9.21 Å². The lowest BCUT2D eigenvalue weighted by molar-refractivity contribution is -0.120. The molecule has 1 amide bonds. The van der Waals surface area contributed by atoms with E-state index in [4.69, 9.17) is 4.42 Å². The summed E-state index contributed by atoms with van der Waals surface area (Å²) in [6.07, 6.45) is 3.99. The number of carbonyl (C=O) groups excluding carboxylic acids is 1. The van der Waals surface area contributed by atoms with Crippen molar-refractivity contribution in [1.29, 1.82) is 0 Å². The van der Waals surface area contributed by atoms with Gasteiger partial charge >= 0.3 is 0 Å². The molecule has 0 radical (unpaired) electrons. The van der Waals surface area contributed by atoms with Crippen LogP contribution in [0.25, 0.3) is 0 Å². The fourth-order valence-electron chi connectivity index (χ4n) is 2.40. The van der Waals surface area contributed by atoms with Gasteiger partial charge in [-0.1, -0.05) is 25.6 Å². The van der Waals surface area contributed by atoms with Crippen molar-refractivity contribution >= 4 is 17.7 Å². The van der Waals surface area contributed by atoms with Crippen LogP contribution in [0, 0.1) is 5.92 Å². The smallest absolute Gasteiger partial charge is 0.233 e. The van der Waals surface area contributed by atoms with E-state index in [-0.39, 0.29) is 11.2 Å². The number of hydrogen-bond acceptors (Lipinski definition) is 5. The summed E-state index contributed by atoms with van der Waals surface area (Å²) in [6.45, 7) is 7.37. The third-order valence-corrected chi connectivity index (χ3v) is 5.00.